The molecule has 5 N–H and O–H groups in total. The molecule has 2 aromatic carbocycles. The van der Waals surface area contributed by atoms with Crippen LogP contribution in [0.5, 0.6) is 5.75 Å². The number of nitrogens with zero attached hydrogens (tertiary/aromatic N) is 1. The molecule has 0 aromatic heterocycles. The van der Waals surface area contributed by atoms with Crippen molar-refractivity contribution in [3.63, 3.8) is 0 Å². The minimum absolute atomic E-state index is 0.0838. The van der Waals surface area contributed by atoms with Crippen molar-refractivity contribution in [2.75, 3.05) is 39.5 Å². The standard InChI is InChI=1S/C17H21N3O2.2C2HF3O2/c18-17(19)14-2-1-13-3-4-16(12-15(13)11-14)22-10-7-20-5-8-21-9-6-20;2*3-2(4,5)1(6)7/h1-4,11-12H,5-10H2,(H3,18,19);2*(H,6,7). The highest BCUT2D eigenvalue weighted by Gasteiger charge is 2.38. The normalized spacial score (nSPS) is 14.1. The van der Waals surface area contributed by atoms with Crippen LogP contribution in [0.4, 0.5) is 26.3 Å². The van der Waals surface area contributed by atoms with E-state index in [0.717, 1.165) is 54.9 Å². The molecule has 9 nitrogen and oxygen atoms in total. The molecule has 1 aliphatic heterocycles. The van der Waals surface area contributed by atoms with Crippen molar-refractivity contribution in [3.05, 3.63) is 42.0 Å². The average molecular weight is 527 g/mol. The molecule has 1 fully saturated rings. The molecule has 0 radical (unpaired) electrons. The number of halogens is 6. The molecule has 2 aromatic rings. The number of benzene rings is 2. The number of nitrogens with two attached hydrogens (primary N) is 1. The summed E-state index contributed by atoms with van der Waals surface area (Å²) < 4.78 is 74.7. The molecular weight excluding hydrogens is 504 g/mol. The minimum Gasteiger partial charge on any atom is -0.492 e. The van der Waals surface area contributed by atoms with Gasteiger partial charge in [0.25, 0.3) is 0 Å². The van der Waals surface area contributed by atoms with Crippen LogP contribution in [0, 0.1) is 5.41 Å². The van der Waals surface area contributed by atoms with Gasteiger partial charge in [0, 0.05) is 25.2 Å². The fourth-order valence-electron chi connectivity index (χ4n) is 2.60. The molecule has 0 amide bonds. The Kier molecular flexibility index (Phi) is 11.4. The number of carboxylic acid groups (broad SMARTS) is 2. The van der Waals surface area contributed by atoms with E-state index in [1.54, 1.807) is 0 Å². The third kappa shape index (κ3) is 11.2. The Balaban J connectivity index is 0.000000383. The highest BCUT2D eigenvalue weighted by Crippen LogP contribution is 2.22. The zero-order chi connectivity index (χ0) is 27.5. The summed E-state index contributed by atoms with van der Waals surface area (Å²) >= 11 is 0. The Morgan fingerprint density at radius 3 is 1.92 bits per heavy atom. The first-order valence-electron chi connectivity index (χ1n) is 10.0. The van der Waals surface area contributed by atoms with Crippen LogP contribution in [0.15, 0.2) is 36.4 Å². The lowest BCUT2D eigenvalue weighted by Gasteiger charge is -2.26. The monoisotopic (exact) mass is 527 g/mol. The van der Waals surface area contributed by atoms with Crippen LogP contribution >= 0.6 is 0 Å². The van der Waals surface area contributed by atoms with Gasteiger partial charge in [-0.15, -0.1) is 0 Å². The molecule has 15 heteroatoms. The van der Waals surface area contributed by atoms with Gasteiger partial charge in [0.15, 0.2) is 0 Å². The summed E-state index contributed by atoms with van der Waals surface area (Å²) in [6.07, 6.45) is -10.2. The summed E-state index contributed by atoms with van der Waals surface area (Å²) in [4.78, 5) is 20.1. The van der Waals surface area contributed by atoms with E-state index in [2.05, 4.69) is 4.90 Å². The number of nitrogen functional groups attached to an aromatic ring is 1. The lowest BCUT2D eigenvalue weighted by Crippen LogP contribution is -2.38. The Morgan fingerprint density at radius 1 is 0.944 bits per heavy atom. The molecule has 200 valence electrons. The molecule has 0 saturated carbocycles. The Labute approximate surface area is 200 Å². The lowest BCUT2D eigenvalue weighted by molar-refractivity contribution is -0.193. The van der Waals surface area contributed by atoms with Gasteiger partial charge in [-0.2, -0.15) is 26.3 Å². The van der Waals surface area contributed by atoms with Crippen LogP contribution in [0.3, 0.4) is 0 Å². The van der Waals surface area contributed by atoms with Crippen LogP contribution in [-0.2, 0) is 14.3 Å². The maximum atomic E-state index is 10.6. The summed E-state index contributed by atoms with van der Waals surface area (Å²) in [7, 11) is 0. The molecular formula is C21H23F6N3O6. The molecule has 0 aliphatic carbocycles. The van der Waals surface area contributed by atoms with Crippen molar-refractivity contribution >= 4 is 28.5 Å². The quantitative estimate of drug-likeness (QED) is 0.264. The smallest absolute Gasteiger partial charge is 0.490 e. The van der Waals surface area contributed by atoms with E-state index < -0.39 is 24.3 Å². The molecule has 1 aliphatic rings. The largest absolute Gasteiger partial charge is 0.492 e. The van der Waals surface area contributed by atoms with Gasteiger partial charge in [-0.05, 0) is 29.0 Å². The van der Waals surface area contributed by atoms with Gasteiger partial charge in [0.1, 0.15) is 18.2 Å². The second kappa shape index (κ2) is 13.5. The molecule has 36 heavy (non-hydrogen) atoms. The van der Waals surface area contributed by atoms with Crippen molar-refractivity contribution in [1.82, 2.24) is 4.90 Å². The zero-order valence-electron chi connectivity index (χ0n) is 18.5. The predicted octanol–water partition coefficient (Wildman–Crippen LogP) is 3.10. The van der Waals surface area contributed by atoms with Crippen LogP contribution in [0.1, 0.15) is 5.56 Å². The van der Waals surface area contributed by atoms with Crippen LogP contribution in [0.25, 0.3) is 10.8 Å². The van der Waals surface area contributed by atoms with Gasteiger partial charge in [0.05, 0.1) is 13.2 Å². The van der Waals surface area contributed by atoms with E-state index in [0.29, 0.717) is 6.61 Å². The average Bonchev–Trinajstić information content (AvgIpc) is 2.79. The molecule has 0 unspecified atom stereocenters. The van der Waals surface area contributed by atoms with Gasteiger partial charge >= 0.3 is 24.3 Å². The highest BCUT2D eigenvalue weighted by atomic mass is 19.4. The summed E-state index contributed by atoms with van der Waals surface area (Å²) in [6, 6.07) is 11.8. The van der Waals surface area contributed by atoms with Crippen molar-refractivity contribution < 1.29 is 55.6 Å². The second-order valence-corrected chi connectivity index (χ2v) is 7.05. The number of ether oxygens (including phenoxy) is 2. The topological polar surface area (TPSA) is 146 Å². The van der Waals surface area contributed by atoms with Crippen LogP contribution < -0.4 is 10.5 Å². The first-order chi connectivity index (χ1) is 16.6. The van der Waals surface area contributed by atoms with E-state index in [9.17, 15) is 26.3 Å². The van der Waals surface area contributed by atoms with Crippen molar-refractivity contribution in [3.8, 4) is 5.75 Å². The van der Waals surface area contributed by atoms with E-state index in [1.807, 2.05) is 36.4 Å². The van der Waals surface area contributed by atoms with E-state index in [1.165, 1.54) is 0 Å². The van der Waals surface area contributed by atoms with Crippen LogP contribution in [0.2, 0.25) is 0 Å². The van der Waals surface area contributed by atoms with E-state index >= 15 is 0 Å². The Morgan fingerprint density at radius 2 is 1.44 bits per heavy atom. The van der Waals surface area contributed by atoms with Gasteiger partial charge in [-0.1, -0.05) is 18.2 Å². The number of alkyl halides is 6. The van der Waals surface area contributed by atoms with Gasteiger partial charge in [-0.3, -0.25) is 10.3 Å². The van der Waals surface area contributed by atoms with Gasteiger partial charge in [0.2, 0.25) is 0 Å². The number of hydrogen-bond donors (Lipinski definition) is 4. The molecule has 0 atom stereocenters. The summed E-state index contributed by atoms with van der Waals surface area (Å²) in [5.41, 5.74) is 6.28. The number of nitrogens with one attached hydrogen (secondary N) is 1. The molecule has 0 spiro atoms. The maximum absolute atomic E-state index is 10.6. The Hall–Kier alpha value is -3.59. The van der Waals surface area contributed by atoms with Gasteiger partial charge in [-0.25, -0.2) is 9.59 Å². The third-order valence-electron chi connectivity index (χ3n) is 4.39. The minimum atomic E-state index is -5.08. The maximum Gasteiger partial charge on any atom is 0.490 e. The van der Waals surface area contributed by atoms with Crippen molar-refractivity contribution in [2.45, 2.75) is 12.4 Å². The number of carboxylic acids is 2. The highest BCUT2D eigenvalue weighted by molar-refractivity contribution is 5.99. The summed E-state index contributed by atoms with van der Waals surface area (Å²) in [5, 5.41) is 23.9. The number of morpholine rings is 1. The summed E-state index contributed by atoms with van der Waals surface area (Å²) in [6.45, 7) is 5.15. The zero-order valence-corrected chi connectivity index (χ0v) is 18.5. The van der Waals surface area contributed by atoms with E-state index in [-0.39, 0.29) is 5.84 Å². The number of aliphatic carboxylic acids is 2. The van der Waals surface area contributed by atoms with Crippen molar-refractivity contribution in [1.29, 1.82) is 5.41 Å². The molecule has 3 rings (SSSR count). The molecule has 0 bridgehead atoms. The number of fused-ring (bicyclic) bond motifs is 1. The first-order valence-corrected chi connectivity index (χ1v) is 10.0. The number of hydrogen-bond acceptors (Lipinski definition) is 6. The lowest BCUT2D eigenvalue weighted by atomic mass is 10.1. The fraction of sp³-hybridized carbons (Fsp3) is 0.381. The predicted molar refractivity (Wildman–Crippen MR) is 115 cm³/mol. The van der Waals surface area contributed by atoms with E-state index in [4.69, 9.17) is 40.4 Å². The second-order valence-electron chi connectivity index (χ2n) is 7.05. The van der Waals surface area contributed by atoms with Crippen molar-refractivity contribution in [2.24, 2.45) is 5.73 Å². The SMILES string of the molecule is N=C(N)c1ccc2ccc(OCCN3CCOCC3)cc2c1.O=C(O)C(F)(F)F.O=C(O)C(F)(F)F. The molecule has 1 heterocycles. The fourth-order valence-corrected chi connectivity index (χ4v) is 2.60. The van der Waals surface area contributed by atoms with Crippen LogP contribution in [-0.4, -0.2) is 84.7 Å². The third-order valence-corrected chi connectivity index (χ3v) is 4.39. The number of amidine groups is 1. The first kappa shape index (κ1) is 30.4. The Bertz CT molecular complexity index is 1010. The molecule has 1 saturated heterocycles. The number of carbonyl (C=O) groups is 2. The summed E-state index contributed by atoms with van der Waals surface area (Å²) in [5.74, 6) is -4.58. The van der Waals surface area contributed by atoms with Gasteiger partial charge < -0.3 is 25.4 Å². The number of rotatable bonds is 5.